The van der Waals surface area contributed by atoms with Gasteiger partial charge in [-0.05, 0) is 36.8 Å². The molecule has 1 N–H and O–H groups in total. The Balaban J connectivity index is 1.87. The molecule has 0 spiro atoms. The molecule has 1 aromatic heterocycles. The number of rotatable bonds is 4. The number of aromatic hydroxyl groups is 1. The van der Waals surface area contributed by atoms with Crippen molar-refractivity contribution in [1.82, 2.24) is 0 Å². The molecular formula is C21H15NO6. The highest BCUT2D eigenvalue weighted by atomic mass is 16.4. The summed E-state index contributed by atoms with van der Waals surface area (Å²) in [4.78, 5) is 50.6. The lowest BCUT2D eigenvalue weighted by Gasteiger charge is -2.15. The van der Waals surface area contributed by atoms with Crippen LogP contribution in [0.15, 0.2) is 51.7 Å². The minimum absolute atomic E-state index is 0.0518. The molecule has 0 bridgehead atoms. The maximum atomic E-state index is 12.7. The second kappa shape index (κ2) is 6.45. The van der Waals surface area contributed by atoms with Gasteiger partial charge in [0.1, 0.15) is 16.9 Å². The Hall–Kier alpha value is -3.74. The number of imide groups is 1. The van der Waals surface area contributed by atoms with Crippen molar-refractivity contribution >= 4 is 34.3 Å². The number of fused-ring (bicyclic) bond motifs is 2. The van der Waals surface area contributed by atoms with Crippen molar-refractivity contribution in [3.63, 3.8) is 0 Å². The Bertz CT molecular complexity index is 1190. The van der Waals surface area contributed by atoms with Gasteiger partial charge in [0.2, 0.25) is 0 Å². The molecule has 1 aliphatic rings. The molecule has 0 atom stereocenters. The van der Waals surface area contributed by atoms with Gasteiger partial charge in [-0.2, -0.15) is 0 Å². The van der Waals surface area contributed by atoms with Crippen LogP contribution in [0.4, 0.5) is 5.69 Å². The summed E-state index contributed by atoms with van der Waals surface area (Å²) in [5.74, 6) is -2.01. The van der Waals surface area contributed by atoms with Gasteiger partial charge in [-0.25, -0.2) is 9.69 Å². The molecule has 0 fully saturated rings. The van der Waals surface area contributed by atoms with E-state index in [0.717, 1.165) is 4.90 Å². The fourth-order valence-corrected chi connectivity index (χ4v) is 3.34. The molecule has 0 saturated heterocycles. The normalized spacial score (nSPS) is 13.2. The molecule has 7 nitrogen and oxygen atoms in total. The first-order valence-corrected chi connectivity index (χ1v) is 8.75. The van der Waals surface area contributed by atoms with Crippen molar-refractivity contribution in [2.45, 2.75) is 19.8 Å². The van der Waals surface area contributed by atoms with E-state index < -0.39 is 34.5 Å². The molecule has 2 aromatic carbocycles. The molecule has 1 aliphatic heterocycles. The lowest BCUT2D eigenvalue weighted by molar-refractivity contribution is 0.0923. The summed E-state index contributed by atoms with van der Waals surface area (Å²) in [5.41, 5.74) is -0.510. The van der Waals surface area contributed by atoms with Gasteiger partial charge in [0.05, 0.1) is 22.2 Å². The maximum absolute atomic E-state index is 12.7. The molecule has 4 rings (SSSR count). The molecule has 0 unspecified atom stereocenters. The molecule has 0 aliphatic carbocycles. The van der Waals surface area contributed by atoms with Crippen LogP contribution in [0.3, 0.4) is 0 Å². The highest BCUT2D eigenvalue weighted by Crippen LogP contribution is 2.34. The van der Waals surface area contributed by atoms with Crippen LogP contribution in [-0.2, 0) is 0 Å². The van der Waals surface area contributed by atoms with Crippen LogP contribution in [0.2, 0.25) is 0 Å². The van der Waals surface area contributed by atoms with Gasteiger partial charge in [0.25, 0.3) is 11.8 Å². The fourth-order valence-electron chi connectivity index (χ4n) is 3.34. The number of anilines is 1. The minimum Gasteiger partial charge on any atom is -0.506 e. The Morgan fingerprint density at radius 1 is 1.04 bits per heavy atom. The standard InChI is InChI=1S/C21H15NO6/c1-2-5-15(23)17-18(24)14-10-11(8-9-16(14)28-21(17)27)22-19(25)12-6-3-4-7-13(12)20(22)26/h3-4,6-10,24H,2,5H2,1H3. The van der Waals surface area contributed by atoms with Crippen molar-refractivity contribution in [2.75, 3.05) is 4.90 Å². The van der Waals surface area contributed by atoms with Crippen LogP contribution in [-0.4, -0.2) is 22.7 Å². The topological polar surface area (TPSA) is 105 Å². The summed E-state index contributed by atoms with van der Waals surface area (Å²) >= 11 is 0. The Morgan fingerprint density at radius 2 is 1.68 bits per heavy atom. The first kappa shape index (κ1) is 17.7. The van der Waals surface area contributed by atoms with Crippen LogP contribution in [0, 0.1) is 0 Å². The molecule has 3 aromatic rings. The SMILES string of the molecule is CCCC(=O)c1c(O)c2cc(N3C(=O)c4ccccc4C3=O)ccc2oc1=O. The van der Waals surface area contributed by atoms with Crippen LogP contribution < -0.4 is 10.5 Å². The third-order valence-corrected chi connectivity index (χ3v) is 4.67. The highest BCUT2D eigenvalue weighted by Gasteiger charge is 2.36. The summed E-state index contributed by atoms with van der Waals surface area (Å²) in [5, 5.41) is 10.6. The Labute approximate surface area is 158 Å². The zero-order valence-electron chi connectivity index (χ0n) is 14.9. The predicted octanol–water partition coefficient (Wildman–Crippen LogP) is 3.28. The van der Waals surface area contributed by atoms with Crippen molar-refractivity contribution in [3.8, 4) is 5.75 Å². The van der Waals surface area contributed by atoms with E-state index in [1.54, 1.807) is 31.2 Å². The van der Waals surface area contributed by atoms with Gasteiger partial charge in [-0.1, -0.05) is 19.1 Å². The average Bonchev–Trinajstić information content (AvgIpc) is 2.93. The van der Waals surface area contributed by atoms with Crippen molar-refractivity contribution in [3.05, 3.63) is 69.6 Å². The molecule has 28 heavy (non-hydrogen) atoms. The van der Waals surface area contributed by atoms with Gasteiger partial charge in [0.15, 0.2) is 5.78 Å². The number of hydrogen-bond acceptors (Lipinski definition) is 6. The number of hydrogen-bond donors (Lipinski definition) is 1. The van der Waals surface area contributed by atoms with Crippen LogP contribution >= 0.6 is 0 Å². The lowest BCUT2D eigenvalue weighted by atomic mass is 10.0. The molecule has 2 heterocycles. The van der Waals surface area contributed by atoms with E-state index in [2.05, 4.69) is 0 Å². The summed E-state index contributed by atoms with van der Waals surface area (Å²) in [6.07, 6.45) is 0.590. The largest absolute Gasteiger partial charge is 0.506 e. The zero-order valence-corrected chi connectivity index (χ0v) is 14.9. The monoisotopic (exact) mass is 377 g/mol. The average molecular weight is 377 g/mol. The van der Waals surface area contributed by atoms with E-state index in [1.165, 1.54) is 18.2 Å². The van der Waals surface area contributed by atoms with Crippen molar-refractivity contribution in [1.29, 1.82) is 0 Å². The third-order valence-electron chi connectivity index (χ3n) is 4.67. The summed E-state index contributed by atoms with van der Waals surface area (Å²) in [6.45, 7) is 1.78. The quantitative estimate of drug-likeness (QED) is 0.425. The zero-order chi connectivity index (χ0) is 20.0. The number of ketones is 1. The van der Waals surface area contributed by atoms with E-state index in [4.69, 9.17) is 4.42 Å². The third kappa shape index (κ3) is 2.51. The van der Waals surface area contributed by atoms with E-state index in [1.807, 2.05) is 0 Å². The van der Waals surface area contributed by atoms with Crippen molar-refractivity contribution in [2.24, 2.45) is 0 Å². The Kier molecular flexibility index (Phi) is 4.07. The molecule has 7 heteroatoms. The van der Waals surface area contributed by atoms with Crippen molar-refractivity contribution < 1.29 is 23.9 Å². The number of carbonyl (C=O) groups is 3. The van der Waals surface area contributed by atoms with E-state index >= 15 is 0 Å². The first-order chi connectivity index (χ1) is 13.4. The number of carbonyl (C=O) groups excluding carboxylic acids is 3. The first-order valence-electron chi connectivity index (χ1n) is 8.75. The van der Waals surface area contributed by atoms with Gasteiger partial charge >= 0.3 is 5.63 Å². The van der Waals surface area contributed by atoms with Gasteiger partial charge in [0, 0.05) is 6.42 Å². The molecule has 0 saturated carbocycles. The van der Waals surface area contributed by atoms with Crippen LogP contribution in [0.5, 0.6) is 5.75 Å². The summed E-state index contributed by atoms with van der Waals surface area (Å²) in [7, 11) is 0. The Morgan fingerprint density at radius 3 is 2.29 bits per heavy atom. The summed E-state index contributed by atoms with van der Waals surface area (Å²) < 4.78 is 5.15. The minimum atomic E-state index is -0.920. The smallest absolute Gasteiger partial charge is 0.351 e. The number of nitrogens with zero attached hydrogens (tertiary/aromatic N) is 1. The van der Waals surface area contributed by atoms with Gasteiger partial charge in [-0.3, -0.25) is 14.4 Å². The second-order valence-electron chi connectivity index (χ2n) is 6.46. The predicted molar refractivity (Wildman–Crippen MR) is 101 cm³/mol. The van der Waals surface area contributed by atoms with E-state index in [-0.39, 0.29) is 34.2 Å². The summed E-state index contributed by atoms with van der Waals surface area (Å²) in [6, 6.07) is 10.6. The van der Waals surface area contributed by atoms with E-state index in [9.17, 15) is 24.3 Å². The van der Waals surface area contributed by atoms with Crippen LogP contribution in [0.1, 0.15) is 50.8 Å². The van der Waals surface area contributed by atoms with Gasteiger partial charge in [-0.15, -0.1) is 0 Å². The van der Waals surface area contributed by atoms with E-state index in [0.29, 0.717) is 6.42 Å². The second-order valence-corrected chi connectivity index (χ2v) is 6.46. The molecular weight excluding hydrogens is 362 g/mol. The number of benzene rings is 2. The number of amides is 2. The lowest BCUT2D eigenvalue weighted by Crippen LogP contribution is -2.29. The molecule has 2 amide bonds. The molecule has 0 radical (unpaired) electrons. The number of Topliss-reactive ketones (excluding diaryl/α,β-unsaturated/α-hetero) is 1. The van der Waals surface area contributed by atoms with Gasteiger partial charge < -0.3 is 9.52 Å². The highest BCUT2D eigenvalue weighted by molar-refractivity contribution is 6.34. The van der Waals surface area contributed by atoms with Crippen LogP contribution in [0.25, 0.3) is 11.0 Å². The fraction of sp³-hybridized carbons (Fsp3) is 0.143. The molecule has 140 valence electrons. The maximum Gasteiger partial charge on any atom is 0.351 e.